The van der Waals surface area contributed by atoms with Gasteiger partial charge in [-0.3, -0.25) is 9.59 Å². The number of carbonyl (C=O) groups excluding carboxylic acids is 2. The van der Waals surface area contributed by atoms with Gasteiger partial charge in [0.05, 0.1) is 17.7 Å². The third-order valence-electron chi connectivity index (χ3n) is 9.23. The SMILES string of the molecule is CN1CCC(N(C)C(=O)c2ccc(N=C(N)/N=C3\N=CC=CC3C3=CCN(C(=O)C4CCC(C#N)CC4)CC3)cc2)CC1. The van der Waals surface area contributed by atoms with Gasteiger partial charge >= 0.3 is 0 Å². The molecule has 0 radical (unpaired) electrons. The zero-order valence-corrected chi connectivity index (χ0v) is 25.2. The molecule has 2 fully saturated rings. The fourth-order valence-electron chi connectivity index (χ4n) is 6.43. The quantitative estimate of drug-likeness (QED) is 0.319. The van der Waals surface area contributed by atoms with Crippen molar-refractivity contribution in [1.82, 2.24) is 14.7 Å². The third-order valence-corrected chi connectivity index (χ3v) is 9.23. The summed E-state index contributed by atoms with van der Waals surface area (Å²) in [6.07, 6.45) is 13.7. The van der Waals surface area contributed by atoms with Crippen molar-refractivity contribution in [2.24, 2.45) is 38.5 Å². The van der Waals surface area contributed by atoms with E-state index in [0.717, 1.165) is 63.6 Å². The van der Waals surface area contributed by atoms with Crippen LogP contribution in [0.3, 0.4) is 0 Å². The third kappa shape index (κ3) is 7.46. The molecule has 2 amide bonds. The van der Waals surface area contributed by atoms with Crippen molar-refractivity contribution in [3.05, 3.63) is 53.6 Å². The molecule has 1 saturated heterocycles. The molecule has 1 aromatic rings. The van der Waals surface area contributed by atoms with Crippen LogP contribution in [-0.4, -0.2) is 90.8 Å². The van der Waals surface area contributed by atoms with Gasteiger partial charge < -0.3 is 20.4 Å². The summed E-state index contributed by atoms with van der Waals surface area (Å²) in [5.74, 6) is 0.865. The van der Waals surface area contributed by atoms with Gasteiger partial charge in [-0.25, -0.2) is 9.98 Å². The molecule has 0 spiro atoms. The maximum Gasteiger partial charge on any atom is 0.253 e. The lowest BCUT2D eigenvalue weighted by Crippen LogP contribution is -2.44. The first-order valence-corrected chi connectivity index (χ1v) is 15.4. The van der Waals surface area contributed by atoms with Crippen LogP contribution in [-0.2, 0) is 4.79 Å². The topological polar surface area (TPSA) is 131 Å². The van der Waals surface area contributed by atoms with Gasteiger partial charge in [0, 0.05) is 49.8 Å². The maximum atomic E-state index is 13.1. The Morgan fingerprint density at radius 1 is 1.07 bits per heavy atom. The van der Waals surface area contributed by atoms with Crippen LogP contribution in [0.1, 0.15) is 55.3 Å². The molecule has 3 aliphatic heterocycles. The first kappa shape index (κ1) is 30.4. The van der Waals surface area contributed by atoms with Crippen molar-refractivity contribution in [3.63, 3.8) is 0 Å². The number of likely N-dealkylation sites (tertiary alicyclic amines) is 1. The molecule has 1 aromatic carbocycles. The van der Waals surface area contributed by atoms with Crippen LogP contribution in [0.4, 0.5) is 5.69 Å². The molecule has 226 valence electrons. The largest absolute Gasteiger partial charge is 0.368 e. The summed E-state index contributed by atoms with van der Waals surface area (Å²) < 4.78 is 0. The van der Waals surface area contributed by atoms with Crippen LogP contribution in [0.25, 0.3) is 0 Å². The summed E-state index contributed by atoms with van der Waals surface area (Å²) >= 11 is 0. The molecule has 3 heterocycles. The van der Waals surface area contributed by atoms with Gasteiger partial charge in [-0.2, -0.15) is 10.3 Å². The Kier molecular flexibility index (Phi) is 9.82. The van der Waals surface area contributed by atoms with E-state index >= 15 is 0 Å². The second kappa shape index (κ2) is 13.9. The lowest BCUT2D eigenvalue weighted by Gasteiger charge is -2.35. The number of dihydropyridines is 1. The predicted octanol–water partition coefficient (Wildman–Crippen LogP) is 3.94. The molecule has 10 heteroatoms. The summed E-state index contributed by atoms with van der Waals surface area (Å²) in [5, 5.41) is 9.15. The second-order valence-electron chi connectivity index (χ2n) is 12.1. The number of carbonyl (C=O) groups is 2. The Morgan fingerprint density at radius 2 is 1.79 bits per heavy atom. The molecule has 1 atom stereocenters. The smallest absolute Gasteiger partial charge is 0.253 e. The highest BCUT2D eigenvalue weighted by Gasteiger charge is 2.31. The van der Waals surface area contributed by atoms with Crippen molar-refractivity contribution >= 4 is 35.5 Å². The number of benzene rings is 1. The van der Waals surface area contributed by atoms with E-state index in [9.17, 15) is 9.59 Å². The maximum absolute atomic E-state index is 13.1. The van der Waals surface area contributed by atoms with Gasteiger partial charge in [0.2, 0.25) is 11.9 Å². The van der Waals surface area contributed by atoms with Gasteiger partial charge in [0.1, 0.15) is 5.84 Å². The van der Waals surface area contributed by atoms with Gasteiger partial charge in [-0.15, -0.1) is 0 Å². The minimum atomic E-state index is -0.128. The highest BCUT2D eigenvalue weighted by molar-refractivity contribution is 6.05. The standard InChI is InChI=1S/C33H42N8O2/c1-39-18-15-28(16-19-39)40(2)31(42)25-9-11-27(12-10-25)37-33(35)38-30-29(4-3-17-36-30)24-13-20-41(21-14-24)32(43)26-7-5-23(22-34)6-8-26/h3-4,9-13,17,23,26,28-29H,5-8,14-16,18-21H2,1-2H3,(H2,35,37)/b38-30-. The molecule has 4 aliphatic rings. The fraction of sp³-hybridized carbons (Fsp3) is 0.515. The van der Waals surface area contributed by atoms with Crippen molar-refractivity contribution in [1.29, 1.82) is 5.26 Å². The zero-order valence-electron chi connectivity index (χ0n) is 25.2. The number of allylic oxidation sites excluding steroid dienone is 1. The van der Waals surface area contributed by atoms with E-state index in [2.05, 4.69) is 39.1 Å². The average molecular weight is 583 g/mol. The number of guanidine groups is 1. The Hall–Kier alpha value is -4.10. The van der Waals surface area contributed by atoms with E-state index < -0.39 is 0 Å². The minimum absolute atomic E-state index is 0.0110. The van der Waals surface area contributed by atoms with E-state index in [1.807, 2.05) is 29.0 Å². The molecule has 1 aliphatic carbocycles. The van der Waals surface area contributed by atoms with Gasteiger partial charge in [-0.1, -0.05) is 17.7 Å². The van der Waals surface area contributed by atoms with Crippen LogP contribution in [0.15, 0.2) is 63.0 Å². The summed E-state index contributed by atoms with van der Waals surface area (Å²) in [5.41, 5.74) is 8.64. The highest BCUT2D eigenvalue weighted by Crippen LogP contribution is 2.31. The summed E-state index contributed by atoms with van der Waals surface area (Å²) in [7, 11) is 4.00. The summed E-state index contributed by atoms with van der Waals surface area (Å²) in [6, 6.07) is 9.73. The van der Waals surface area contributed by atoms with E-state index in [1.54, 1.807) is 30.5 Å². The van der Waals surface area contributed by atoms with Crippen LogP contribution in [0, 0.1) is 29.1 Å². The van der Waals surface area contributed by atoms with E-state index in [1.165, 1.54) is 0 Å². The van der Waals surface area contributed by atoms with Gasteiger partial charge in [0.25, 0.3) is 5.91 Å². The van der Waals surface area contributed by atoms with Gasteiger partial charge in [-0.05, 0) is 95.4 Å². The number of amides is 2. The number of nitriles is 1. The molecule has 2 N–H and O–H groups in total. The fourth-order valence-corrected chi connectivity index (χ4v) is 6.43. The molecule has 0 bridgehead atoms. The van der Waals surface area contributed by atoms with Crippen LogP contribution >= 0.6 is 0 Å². The predicted molar refractivity (Wildman–Crippen MR) is 169 cm³/mol. The minimum Gasteiger partial charge on any atom is -0.368 e. The average Bonchev–Trinajstić information content (AvgIpc) is 3.05. The zero-order chi connectivity index (χ0) is 30.3. The second-order valence-corrected chi connectivity index (χ2v) is 12.1. The lowest BCUT2D eigenvalue weighted by atomic mass is 9.81. The Balaban J connectivity index is 1.20. The molecule has 5 rings (SSSR count). The molecule has 43 heavy (non-hydrogen) atoms. The molecule has 1 unspecified atom stereocenters. The Bertz CT molecular complexity index is 1370. The van der Waals surface area contributed by atoms with Gasteiger partial charge in [0.15, 0.2) is 0 Å². The molecular weight excluding hydrogens is 540 g/mol. The first-order chi connectivity index (χ1) is 20.8. The number of nitrogens with two attached hydrogens (primary N) is 1. The van der Waals surface area contributed by atoms with Crippen LogP contribution < -0.4 is 5.73 Å². The van der Waals surface area contributed by atoms with Crippen molar-refractivity contribution in [2.45, 2.75) is 51.0 Å². The molecule has 1 saturated carbocycles. The summed E-state index contributed by atoms with van der Waals surface area (Å²) in [6.45, 7) is 3.22. The molecule has 0 aromatic heterocycles. The Morgan fingerprint density at radius 3 is 2.44 bits per heavy atom. The van der Waals surface area contributed by atoms with E-state index in [4.69, 9.17) is 11.0 Å². The van der Waals surface area contributed by atoms with Crippen molar-refractivity contribution in [2.75, 3.05) is 40.3 Å². The molecular formula is C33H42N8O2. The number of hydrogen-bond acceptors (Lipinski definition) is 5. The van der Waals surface area contributed by atoms with E-state index in [-0.39, 0.29) is 41.6 Å². The van der Waals surface area contributed by atoms with Crippen molar-refractivity contribution < 1.29 is 9.59 Å². The first-order valence-electron chi connectivity index (χ1n) is 15.4. The van der Waals surface area contributed by atoms with Crippen LogP contribution in [0.5, 0.6) is 0 Å². The normalized spacial score (nSPS) is 26.2. The monoisotopic (exact) mass is 582 g/mol. The number of amidine groups is 1. The van der Waals surface area contributed by atoms with Crippen LogP contribution in [0.2, 0.25) is 0 Å². The number of aliphatic imine (C=N–C) groups is 3. The number of hydrogen-bond donors (Lipinski definition) is 1. The summed E-state index contributed by atoms with van der Waals surface area (Å²) in [4.78, 5) is 45.7. The van der Waals surface area contributed by atoms with Crippen molar-refractivity contribution in [3.8, 4) is 6.07 Å². The number of rotatable bonds is 5. The highest BCUT2D eigenvalue weighted by atomic mass is 16.2. The Labute approximate surface area is 254 Å². The lowest BCUT2D eigenvalue weighted by molar-refractivity contribution is -0.136. The number of nitrogens with zero attached hydrogens (tertiary/aromatic N) is 7. The number of piperidine rings is 1. The van der Waals surface area contributed by atoms with E-state index in [0.29, 0.717) is 30.2 Å². The molecule has 10 nitrogen and oxygen atoms in total.